The van der Waals surface area contributed by atoms with Crippen LogP contribution in [-0.4, -0.2) is 24.7 Å². The van der Waals surface area contributed by atoms with E-state index in [9.17, 15) is 0 Å². The van der Waals surface area contributed by atoms with Crippen LogP contribution in [0.5, 0.6) is 0 Å². The summed E-state index contributed by atoms with van der Waals surface area (Å²) in [5.41, 5.74) is 1.06. The van der Waals surface area contributed by atoms with Crippen LogP contribution in [0, 0.1) is 5.92 Å². The summed E-state index contributed by atoms with van der Waals surface area (Å²) in [5.74, 6) is 2.90. The van der Waals surface area contributed by atoms with E-state index in [4.69, 9.17) is 4.52 Å². The highest BCUT2D eigenvalue weighted by Crippen LogP contribution is 2.22. The second-order valence-electron chi connectivity index (χ2n) is 6.12. The highest BCUT2D eigenvalue weighted by atomic mass is 16.5. The van der Waals surface area contributed by atoms with Crippen molar-refractivity contribution in [2.75, 3.05) is 13.6 Å². The normalized spacial score (nSPS) is 12.2. The Labute approximate surface area is 135 Å². The number of rotatable bonds is 9. The van der Waals surface area contributed by atoms with Crippen LogP contribution in [0.4, 0.5) is 0 Å². The molecule has 1 heterocycles. The Hall–Kier alpha value is -1.52. The Kier molecular flexibility index (Phi) is 8.63. The topological polar surface area (TPSA) is 62.5 Å². The number of hydrogen-bond acceptors (Lipinski definition) is 3. The van der Waals surface area contributed by atoms with E-state index in [2.05, 4.69) is 54.5 Å². The van der Waals surface area contributed by atoms with Gasteiger partial charge in [0.05, 0.1) is 12.2 Å². The SMILES string of the molecule is CCC(CC)c1cc(CNC(=NC)NCCCC(C)C)on1. The molecule has 5 nitrogen and oxygen atoms in total. The zero-order valence-corrected chi connectivity index (χ0v) is 14.8. The molecule has 0 saturated carbocycles. The first-order chi connectivity index (χ1) is 10.6. The molecular weight excluding hydrogens is 276 g/mol. The van der Waals surface area contributed by atoms with Crippen LogP contribution in [-0.2, 0) is 6.54 Å². The minimum Gasteiger partial charge on any atom is -0.359 e. The first-order valence-electron chi connectivity index (χ1n) is 8.50. The molecule has 0 atom stereocenters. The number of aliphatic imine (C=N–C) groups is 1. The Balaban J connectivity index is 2.37. The van der Waals surface area contributed by atoms with Crippen LogP contribution >= 0.6 is 0 Å². The maximum Gasteiger partial charge on any atom is 0.191 e. The molecule has 22 heavy (non-hydrogen) atoms. The third kappa shape index (κ3) is 6.50. The third-order valence-electron chi connectivity index (χ3n) is 3.89. The lowest BCUT2D eigenvalue weighted by molar-refractivity contribution is 0.368. The molecule has 1 rings (SSSR count). The molecule has 0 saturated heterocycles. The van der Waals surface area contributed by atoms with Crippen LogP contribution in [0.3, 0.4) is 0 Å². The second-order valence-corrected chi connectivity index (χ2v) is 6.12. The van der Waals surface area contributed by atoms with Gasteiger partial charge < -0.3 is 15.2 Å². The third-order valence-corrected chi connectivity index (χ3v) is 3.89. The first-order valence-corrected chi connectivity index (χ1v) is 8.50. The van der Waals surface area contributed by atoms with Gasteiger partial charge in [0.15, 0.2) is 11.7 Å². The van der Waals surface area contributed by atoms with Crippen LogP contribution in [0.1, 0.15) is 70.8 Å². The fourth-order valence-corrected chi connectivity index (χ4v) is 2.42. The fourth-order valence-electron chi connectivity index (χ4n) is 2.42. The van der Waals surface area contributed by atoms with E-state index >= 15 is 0 Å². The van der Waals surface area contributed by atoms with Crippen molar-refractivity contribution in [2.45, 2.75) is 65.8 Å². The van der Waals surface area contributed by atoms with Crippen molar-refractivity contribution in [1.82, 2.24) is 15.8 Å². The van der Waals surface area contributed by atoms with Gasteiger partial charge in [-0.1, -0.05) is 32.9 Å². The molecule has 0 aliphatic heterocycles. The van der Waals surface area contributed by atoms with E-state index in [0.29, 0.717) is 12.5 Å². The molecule has 0 aliphatic carbocycles. The predicted molar refractivity (Wildman–Crippen MR) is 92.1 cm³/mol. The molecule has 2 N–H and O–H groups in total. The van der Waals surface area contributed by atoms with Gasteiger partial charge in [-0.25, -0.2) is 0 Å². The summed E-state index contributed by atoms with van der Waals surface area (Å²) < 4.78 is 5.41. The van der Waals surface area contributed by atoms with Gasteiger partial charge in [0.2, 0.25) is 0 Å². The Morgan fingerprint density at radius 1 is 1.27 bits per heavy atom. The molecule has 0 bridgehead atoms. The summed E-state index contributed by atoms with van der Waals surface area (Å²) >= 11 is 0. The summed E-state index contributed by atoms with van der Waals surface area (Å²) in [4.78, 5) is 4.23. The van der Waals surface area contributed by atoms with Gasteiger partial charge in [-0.2, -0.15) is 0 Å². The Morgan fingerprint density at radius 2 is 2.00 bits per heavy atom. The van der Waals surface area contributed by atoms with Gasteiger partial charge in [0, 0.05) is 25.6 Å². The molecule has 0 radical (unpaired) electrons. The smallest absolute Gasteiger partial charge is 0.191 e. The lowest BCUT2D eigenvalue weighted by Gasteiger charge is -2.11. The summed E-state index contributed by atoms with van der Waals surface area (Å²) in [5, 5.41) is 10.8. The van der Waals surface area contributed by atoms with Gasteiger partial charge in [-0.3, -0.25) is 4.99 Å². The van der Waals surface area contributed by atoms with E-state index in [1.54, 1.807) is 7.05 Å². The van der Waals surface area contributed by atoms with Crippen molar-refractivity contribution in [3.8, 4) is 0 Å². The van der Waals surface area contributed by atoms with Crippen LogP contribution in [0.2, 0.25) is 0 Å². The molecule has 126 valence electrons. The van der Waals surface area contributed by atoms with Gasteiger partial charge >= 0.3 is 0 Å². The molecule has 0 fully saturated rings. The molecule has 5 heteroatoms. The lowest BCUT2D eigenvalue weighted by atomic mass is 9.99. The number of aromatic nitrogens is 1. The number of nitrogens with one attached hydrogen (secondary N) is 2. The molecule has 0 aromatic carbocycles. The maximum absolute atomic E-state index is 5.41. The van der Waals surface area contributed by atoms with Crippen molar-refractivity contribution in [2.24, 2.45) is 10.9 Å². The maximum atomic E-state index is 5.41. The van der Waals surface area contributed by atoms with Gasteiger partial charge in [-0.05, 0) is 31.6 Å². The van der Waals surface area contributed by atoms with Crippen molar-refractivity contribution >= 4 is 5.96 Å². The average molecular weight is 308 g/mol. The summed E-state index contributed by atoms with van der Waals surface area (Å²) in [6.45, 7) is 10.4. The predicted octanol–water partition coefficient (Wildman–Crippen LogP) is 3.68. The van der Waals surface area contributed by atoms with Crippen molar-refractivity contribution in [3.05, 3.63) is 17.5 Å². The number of guanidine groups is 1. The molecule has 0 spiro atoms. The lowest BCUT2D eigenvalue weighted by Crippen LogP contribution is -2.37. The van der Waals surface area contributed by atoms with Gasteiger partial charge in [-0.15, -0.1) is 0 Å². The van der Waals surface area contributed by atoms with Crippen molar-refractivity contribution < 1.29 is 4.52 Å². The Morgan fingerprint density at radius 3 is 2.59 bits per heavy atom. The molecule has 1 aromatic rings. The summed E-state index contributed by atoms with van der Waals surface area (Å²) in [7, 11) is 1.79. The highest BCUT2D eigenvalue weighted by molar-refractivity contribution is 5.79. The molecule has 0 amide bonds. The summed E-state index contributed by atoms with van der Waals surface area (Å²) in [6.07, 6.45) is 4.56. The van der Waals surface area contributed by atoms with E-state index in [1.165, 1.54) is 6.42 Å². The van der Waals surface area contributed by atoms with Crippen LogP contribution < -0.4 is 10.6 Å². The van der Waals surface area contributed by atoms with E-state index in [-0.39, 0.29) is 0 Å². The first kappa shape index (κ1) is 18.5. The molecule has 0 aliphatic rings. The average Bonchev–Trinajstić information content (AvgIpc) is 2.96. The van der Waals surface area contributed by atoms with E-state index < -0.39 is 0 Å². The van der Waals surface area contributed by atoms with Gasteiger partial charge in [0.1, 0.15) is 0 Å². The van der Waals surface area contributed by atoms with E-state index in [0.717, 1.165) is 49.1 Å². The van der Waals surface area contributed by atoms with Crippen molar-refractivity contribution in [1.29, 1.82) is 0 Å². The van der Waals surface area contributed by atoms with Crippen LogP contribution in [0.25, 0.3) is 0 Å². The largest absolute Gasteiger partial charge is 0.359 e. The number of nitrogens with zero attached hydrogens (tertiary/aromatic N) is 2. The molecule has 1 aromatic heterocycles. The van der Waals surface area contributed by atoms with Crippen molar-refractivity contribution in [3.63, 3.8) is 0 Å². The second kappa shape index (κ2) is 10.2. The minimum absolute atomic E-state index is 0.492. The molecular formula is C17H32N4O. The Bertz CT molecular complexity index is 436. The standard InChI is InChI=1S/C17H32N4O/c1-6-14(7-2)16-11-15(22-21-16)12-20-17(18-5)19-10-8-9-13(3)4/h11,13-14H,6-10,12H2,1-5H3,(H2,18,19,20). The fraction of sp³-hybridized carbons (Fsp3) is 0.765. The zero-order chi connectivity index (χ0) is 16.4. The number of hydrogen-bond donors (Lipinski definition) is 2. The monoisotopic (exact) mass is 308 g/mol. The zero-order valence-electron chi connectivity index (χ0n) is 14.8. The highest BCUT2D eigenvalue weighted by Gasteiger charge is 2.13. The quantitative estimate of drug-likeness (QED) is 0.415. The molecule has 0 unspecified atom stereocenters. The van der Waals surface area contributed by atoms with Crippen LogP contribution in [0.15, 0.2) is 15.6 Å². The van der Waals surface area contributed by atoms with Gasteiger partial charge in [0.25, 0.3) is 0 Å². The summed E-state index contributed by atoms with van der Waals surface area (Å²) in [6, 6.07) is 2.05. The minimum atomic E-state index is 0.492. The van der Waals surface area contributed by atoms with E-state index in [1.807, 2.05) is 0 Å².